The molecule has 0 spiro atoms. The molecule has 1 aliphatic rings. The molecule has 94 valence electrons. The summed E-state index contributed by atoms with van der Waals surface area (Å²) in [6.07, 6.45) is 3.72. The summed E-state index contributed by atoms with van der Waals surface area (Å²) in [5.74, 6) is 0.0594. The molecular weight excluding hydrogens is 236 g/mol. The van der Waals surface area contributed by atoms with Gasteiger partial charge in [0.2, 0.25) is 5.91 Å². The molecule has 0 aromatic heterocycles. The van der Waals surface area contributed by atoms with E-state index in [1.165, 1.54) is 11.1 Å². The zero-order valence-electron chi connectivity index (χ0n) is 9.82. The molecule has 17 heavy (non-hydrogen) atoms. The second kappa shape index (κ2) is 6.62. The molecule has 0 saturated carbocycles. The highest BCUT2D eigenvalue weighted by molar-refractivity contribution is 5.85. The van der Waals surface area contributed by atoms with Crippen LogP contribution < -0.4 is 11.1 Å². The van der Waals surface area contributed by atoms with Crippen LogP contribution in [0, 0.1) is 0 Å². The van der Waals surface area contributed by atoms with Crippen LogP contribution in [0.4, 0.5) is 0 Å². The first-order valence-corrected chi connectivity index (χ1v) is 5.88. The highest BCUT2D eigenvalue weighted by atomic mass is 35.5. The van der Waals surface area contributed by atoms with Gasteiger partial charge in [0.1, 0.15) is 0 Å². The largest absolute Gasteiger partial charge is 0.349 e. The molecule has 1 amide bonds. The Kier molecular flexibility index (Phi) is 5.45. The molecule has 0 radical (unpaired) electrons. The smallest absolute Gasteiger partial charge is 0.221 e. The first-order chi connectivity index (χ1) is 7.81. The molecule has 0 aliphatic heterocycles. The van der Waals surface area contributed by atoms with Gasteiger partial charge in [-0.25, -0.2) is 0 Å². The van der Waals surface area contributed by atoms with Gasteiger partial charge in [-0.05, 0) is 30.4 Å². The van der Waals surface area contributed by atoms with Crippen LogP contribution in [0.2, 0.25) is 0 Å². The minimum atomic E-state index is 0. The summed E-state index contributed by atoms with van der Waals surface area (Å²) < 4.78 is 0. The topological polar surface area (TPSA) is 55.1 Å². The van der Waals surface area contributed by atoms with Crippen molar-refractivity contribution < 1.29 is 4.79 Å². The Hall–Kier alpha value is -1.06. The molecule has 0 saturated heterocycles. The van der Waals surface area contributed by atoms with Gasteiger partial charge in [0, 0.05) is 13.0 Å². The van der Waals surface area contributed by atoms with Crippen LogP contribution in [0.1, 0.15) is 36.4 Å². The number of nitrogens with two attached hydrogens (primary N) is 1. The van der Waals surface area contributed by atoms with Crippen molar-refractivity contribution in [2.75, 3.05) is 6.54 Å². The van der Waals surface area contributed by atoms with Gasteiger partial charge in [-0.2, -0.15) is 0 Å². The molecule has 2 rings (SSSR count). The van der Waals surface area contributed by atoms with Crippen molar-refractivity contribution in [3.63, 3.8) is 0 Å². The van der Waals surface area contributed by atoms with Crippen LogP contribution in [0.3, 0.4) is 0 Å². The third-order valence-corrected chi connectivity index (χ3v) is 3.08. The number of fused-ring (bicyclic) bond motifs is 1. The Balaban J connectivity index is 0.00000144. The highest BCUT2D eigenvalue weighted by Crippen LogP contribution is 2.29. The Morgan fingerprint density at radius 2 is 2.18 bits per heavy atom. The molecule has 3 nitrogen and oxygen atoms in total. The monoisotopic (exact) mass is 254 g/mol. The van der Waals surface area contributed by atoms with Crippen LogP contribution in [0.5, 0.6) is 0 Å². The van der Waals surface area contributed by atoms with E-state index in [2.05, 4.69) is 23.5 Å². The second-order valence-corrected chi connectivity index (χ2v) is 4.25. The molecular formula is C13H19ClN2O. The first kappa shape index (κ1) is 14.0. The number of hydrogen-bond donors (Lipinski definition) is 2. The van der Waals surface area contributed by atoms with Crippen molar-refractivity contribution in [1.82, 2.24) is 5.32 Å². The molecule has 1 unspecified atom stereocenters. The summed E-state index contributed by atoms with van der Waals surface area (Å²) in [6.45, 7) is 0.417. The number of halogens is 1. The Morgan fingerprint density at radius 3 is 2.94 bits per heavy atom. The maximum Gasteiger partial charge on any atom is 0.221 e. The quantitative estimate of drug-likeness (QED) is 0.866. The van der Waals surface area contributed by atoms with Crippen LogP contribution in [0.25, 0.3) is 0 Å². The molecule has 0 heterocycles. The van der Waals surface area contributed by atoms with Crippen molar-refractivity contribution in [1.29, 1.82) is 0 Å². The van der Waals surface area contributed by atoms with E-state index < -0.39 is 0 Å². The minimum Gasteiger partial charge on any atom is -0.349 e. The third-order valence-electron chi connectivity index (χ3n) is 3.08. The van der Waals surface area contributed by atoms with Gasteiger partial charge in [0.15, 0.2) is 0 Å². The lowest BCUT2D eigenvalue weighted by molar-refractivity contribution is -0.121. The van der Waals surface area contributed by atoms with E-state index in [1.807, 2.05) is 6.07 Å². The normalized spacial score (nSPS) is 17.8. The average Bonchev–Trinajstić information content (AvgIpc) is 2.30. The number of aryl methyl sites for hydroxylation is 1. The summed E-state index contributed by atoms with van der Waals surface area (Å²) in [5, 5.41) is 3.06. The fourth-order valence-corrected chi connectivity index (χ4v) is 2.30. The van der Waals surface area contributed by atoms with Gasteiger partial charge in [0.05, 0.1) is 6.04 Å². The van der Waals surface area contributed by atoms with Gasteiger partial charge in [0.25, 0.3) is 0 Å². The minimum absolute atomic E-state index is 0. The molecule has 1 aromatic carbocycles. The number of benzene rings is 1. The number of amides is 1. The van der Waals surface area contributed by atoms with E-state index in [-0.39, 0.29) is 24.4 Å². The summed E-state index contributed by atoms with van der Waals surface area (Å²) in [7, 11) is 0. The lowest BCUT2D eigenvalue weighted by Gasteiger charge is -2.26. The SMILES string of the molecule is Cl.NCCC(=O)NC1CCCc2ccccc21. The number of rotatable bonds is 3. The van der Waals surface area contributed by atoms with E-state index in [4.69, 9.17) is 5.73 Å². The first-order valence-electron chi connectivity index (χ1n) is 5.88. The standard InChI is InChI=1S/C13H18N2O.ClH/c14-9-8-13(16)15-12-7-3-5-10-4-1-2-6-11(10)12;/h1-2,4,6,12H,3,5,7-9,14H2,(H,15,16);1H. The number of hydrogen-bond acceptors (Lipinski definition) is 2. The Labute approximate surface area is 108 Å². The zero-order valence-corrected chi connectivity index (χ0v) is 10.6. The fraction of sp³-hybridized carbons (Fsp3) is 0.462. The molecule has 1 atom stereocenters. The maximum atomic E-state index is 11.5. The summed E-state index contributed by atoms with van der Waals surface area (Å²) in [4.78, 5) is 11.5. The molecule has 4 heteroatoms. The van der Waals surface area contributed by atoms with Crippen molar-refractivity contribution >= 4 is 18.3 Å². The van der Waals surface area contributed by atoms with Gasteiger partial charge in [-0.15, -0.1) is 12.4 Å². The van der Waals surface area contributed by atoms with Crippen molar-refractivity contribution in [2.45, 2.75) is 31.7 Å². The average molecular weight is 255 g/mol. The lowest BCUT2D eigenvalue weighted by atomic mass is 9.88. The maximum absolute atomic E-state index is 11.5. The number of carbonyl (C=O) groups excluding carboxylic acids is 1. The molecule has 1 aromatic rings. The Bertz CT molecular complexity index is 381. The van der Waals surface area contributed by atoms with Crippen LogP contribution in [-0.2, 0) is 11.2 Å². The van der Waals surface area contributed by atoms with Crippen molar-refractivity contribution in [3.05, 3.63) is 35.4 Å². The lowest BCUT2D eigenvalue weighted by Crippen LogP contribution is -2.32. The summed E-state index contributed by atoms with van der Waals surface area (Å²) in [5.41, 5.74) is 8.01. The van der Waals surface area contributed by atoms with Crippen molar-refractivity contribution in [2.24, 2.45) is 5.73 Å². The molecule has 0 fully saturated rings. The predicted molar refractivity (Wildman–Crippen MR) is 71.2 cm³/mol. The van der Waals surface area contributed by atoms with E-state index >= 15 is 0 Å². The second-order valence-electron chi connectivity index (χ2n) is 4.25. The van der Waals surface area contributed by atoms with E-state index in [1.54, 1.807) is 0 Å². The zero-order chi connectivity index (χ0) is 11.4. The number of carbonyl (C=O) groups is 1. The van der Waals surface area contributed by atoms with E-state index in [0.29, 0.717) is 13.0 Å². The van der Waals surface area contributed by atoms with Gasteiger partial charge < -0.3 is 11.1 Å². The van der Waals surface area contributed by atoms with Gasteiger partial charge in [-0.3, -0.25) is 4.79 Å². The molecule has 0 bridgehead atoms. The summed E-state index contributed by atoms with van der Waals surface area (Å²) >= 11 is 0. The van der Waals surface area contributed by atoms with Crippen LogP contribution >= 0.6 is 12.4 Å². The summed E-state index contributed by atoms with van der Waals surface area (Å²) in [6, 6.07) is 8.54. The molecule has 1 aliphatic carbocycles. The highest BCUT2D eigenvalue weighted by Gasteiger charge is 2.20. The van der Waals surface area contributed by atoms with Crippen molar-refractivity contribution in [3.8, 4) is 0 Å². The Morgan fingerprint density at radius 1 is 1.41 bits per heavy atom. The fourth-order valence-electron chi connectivity index (χ4n) is 2.30. The third kappa shape index (κ3) is 3.45. The van der Waals surface area contributed by atoms with Gasteiger partial charge in [-0.1, -0.05) is 24.3 Å². The van der Waals surface area contributed by atoms with Crippen LogP contribution in [0.15, 0.2) is 24.3 Å². The van der Waals surface area contributed by atoms with E-state index in [0.717, 1.165) is 19.3 Å². The van der Waals surface area contributed by atoms with Crippen LogP contribution in [-0.4, -0.2) is 12.5 Å². The van der Waals surface area contributed by atoms with E-state index in [9.17, 15) is 4.79 Å². The molecule has 3 N–H and O–H groups in total. The predicted octanol–water partition coefficient (Wildman–Crippen LogP) is 1.95. The van der Waals surface area contributed by atoms with Gasteiger partial charge >= 0.3 is 0 Å². The number of nitrogens with one attached hydrogen (secondary N) is 1.